The molecule has 0 aliphatic carbocycles. The zero-order valence-corrected chi connectivity index (χ0v) is 15.0. The fraction of sp³-hybridized carbons (Fsp3) is 0.588. The van der Waals surface area contributed by atoms with Crippen LogP contribution in [0.2, 0.25) is 0 Å². The van der Waals surface area contributed by atoms with Gasteiger partial charge in [0.05, 0.1) is 36.2 Å². The van der Waals surface area contributed by atoms with Gasteiger partial charge >= 0.3 is 5.97 Å². The van der Waals surface area contributed by atoms with Gasteiger partial charge in [-0.2, -0.15) is 8.42 Å². The van der Waals surface area contributed by atoms with E-state index in [4.69, 9.17) is 13.7 Å². The van der Waals surface area contributed by atoms with Crippen molar-refractivity contribution in [2.24, 2.45) is 0 Å². The van der Waals surface area contributed by atoms with Gasteiger partial charge in [0, 0.05) is 12.8 Å². The number of carbonyl (C=O) groups is 1. The molecule has 1 heterocycles. The largest absolute Gasteiger partial charge is 0.466 e. The van der Waals surface area contributed by atoms with Crippen molar-refractivity contribution in [1.29, 1.82) is 0 Å². The highest BCUT2D eigenvalue weighted by Gasteiger charge is 2.33. The van der Waals surface area contributed by atoms with E-state index in [0.717, 1.165) is 5.56 Å². The SMILES string of the molecule is CCOC(=O)C[C@H]1C[C@@H](OS(=O)(=O)c2ccc(C)cc2)C[C@@H](C)O1. The first-order valence-electron chi connectivity index (χ1n) is 8.11. The Morgan fingerprint density at radius 2 is 1.92 bits per heavy atom. The molecule has 0 bridgehead atoms. The van der Waals surface area contributed by atoms with E-state index in [2.05, 4.69) is 0 Å². The maximum Gasteiger partial charge on any atom is 0.308 e. The van der Waals surface area contributed by atoms with Gasteiger partial charge in [0.1, 0.15) is 0 Å². The first-order valence-corrected chi connectivity index (χ1v) is 9.52. The molecule has 7 heteroatoms. The van der Waals surface area contributed by atoms with Crippen LogP contribution in [0.1, 0.15) is 38.7 Å². The summed E-state index contributed by atoms with van der Waals surface area (Å²) in [5.41, 5.74) is 0.975. The van der Waals surface area contributed by atoms with E-state index < -0.39 is 22.3 Å². The second kappa shape index (κ2) is 8.09. The van der Waals surface area contributed by atoms with Gasteiger partial charge in [-0.3, -0.25) is 8.98 Å². The summed E-state index contributed by atoms with van der Waals surface area (Å²) in [5.74, 6) is -0.350. The Labute approximate surface area is 143 Å². The Kier molecular flexibility index (Phi) is 6.37. The first kappa shape index (κ1) is 18.9. The second-order valence-corrected chi connectivity index (χ2v) is 7.61. The Bertz CT molecular complexity index is 652. The van der Waals surface area contributed by atoms with E-state index in [1.54, 1.807) is 19.1 Å². The molecule has 0 radical (unpaired) electrons. The van der Waals surface area contributed by atoms with E-state index >= 15 is 0 Å². The molecule has 0 N–H and O–H groups in total. The van der Waals surface area contributed by atoms with E-state index in [9.17, 15) is 13.2 Å². The number of carbonyl (C=O) groups excluding carboxylic acids is 1. The molecule has 0 saturated carbocycles. The summed E-state index contributed by atoms with van der Waals surface area (Å²) in [6.07, 6.45) is -0.191. The molecular formula is C17H24O6S. The van der Waals surface area contributed by atoms with Gasteiger partial charge in [0.2, 0.25) is 0 Å². The van der Waals surface area contributed by atoms with E-state index in [-0.39, 0.29) is 23.4 Å². The molecule has 0 spiro atoms. The summed E-state index contributed by atoms with van der Waals surface area (Å²) in [5, 5.41) is 0. The minimum atomic E-state index is -3.83. The third-order valence-electron chi connectivity index (χ3n) is 3.82. The van der Waals surface area contributed by atoms with Crippen molar-refractivity contribution >= 4 is 16.1 Å². The van der Waals surface area contributed by atoms with Crippen LogP contribution in [0.3, 0.4) is 0 Å². The van der Waals surface area contributed by atoms with Crippen molar-refractivity contribution < 1.29 is 26.9 Å². The molecule has 6 nitrogen and oxygen atoms in total. The molecule has 1 aliphatic heterocycles. The molecule has 24 heavy (non-hydrogen) atoms. The Morgan fingerprint density at radius 1 is 1.25 bits per heavy atom. The predicted octanol–water partition coefficient (Wildman–Crippen LogP) is 2.59. The molecule has 1 fully saturated rings. The van der Waals surface area contributed by atoms with Crippen LogP contribution in [-0.2, 0) is 28.6 Å². The van der Waals surface area contributed by atoms with Crippen molar-refractivity contribution in [3.63, 3.8) is 0 Å². The van der Waals surface area contributed by atoms with E-state index in [1.807, 2.05) is 13.8 Å². The summed E-state index contributed by atoms with van der Waals surface area (Å²) in [6, 6.07) is 6.52. The van der Waals surface area contributed by atoms with Gasteiger partial charge in [0.15, 0.2) is 0 Å². The Morgan fingerprint density at radius 3 is 2.54 bits per heavy atom. The molecule has 134 valence electrons. The van der Waals surface area contributed by atoms with Crippen molar-refractivity contribution in [3.05, 3.63) is 29.8 Å². The van der Waals surface area contributed by atoms with Crippen LogP contribution in [0.15, 0.2) is 29.2 Å². The summed E-state index contributed by atoms with van der Waals surface area (Å²) >= 11 is 0. The summed E-state index contributed by atoms with van der Waals surface area (Å²) < 4.78 is 40.8. The van der Waals surface area contributed by atoms with Gasteiger partial charge in [-0.05, 0) is 32.9 Å². The van der Waals surface area contributed by atoms with Crippen LogP contribution in [0.5, 0.6) is 0 Å². The molecule has 1 aliphatic rings. The number of hydrogen-bond donors (Lipinski definition) is 0. The Hall–Kier alpha value is -1.44. The van der Waals surface area contributed by atoms with Crippen LogP contribution < -0.4 is 0 Å². The molecular weight excluding hydrogens is 332 g/mol. The second-order valence-electron chi connectivity index (χ2n) is 6.03. The van der Waals surface area contributed by atoms with Gasteiger partial charge in [0.25, 0.3) is 10.1 Å². The average Bonchev–Trinajstić information content (AvgIpc) is 2.46. The fourth-order valence-electron chi connectivity index (χ4n) is 2.75. The highest BCUT2D eigenvalue weighted by molar-refractivity contribution is 7.86. The lowest BCUT2D eigenvalue weighted by molar-refractivity contribution is -0.150. The van der Waals surface area contributed by atoms with Gasteiger partial charge < -0.3 is 9.47 Å². The monoisotopic (exact) mass is 356 g/mol. The number of esters is 1. The van der Waals surface area contributed by atoms with Gasteiger partial charge in [-0.15, -0.1) is 0 Å². The van der Waals surface area contributed by atoms with Crippen LogP contribution in [0.4, 0.5) is 0 Å². The van der Waals surface area contributed by atoms with Crippen LogP contribution in [0.25, 0.3) is 0 Å². The molecule has 0 aromatic heterocycles. The molecule has 1 saturated heterocycles. The zero-order valence-electron chi connectivity index (χ0n) is 14.2. The maximum absolute atomic E-state index is 12.4. The van der Waals surface area contributed by atoms with E-state index in [1.165, 1.54) is 12.1 Å². The number of ether oxygens (including phenoxy) is 2. The number of hydrogen-bond acceptors (Lipinski definition) is 6. The van der Waals surface area contributed by atoms with Crippen molar-refractivity contribution in [2.75, 3.05) is 6.61 Å². The molecule has 0 unspecified atom stereocenters. The molecule has 1 aromatic carbocycles. The minimum absolute atomic E-state index is 0.0998. The molecule has 1 aromatic rings. The highest BCUT2D eigenvalue weighted by atomic mass is 32.2. The summed E-state index contributed by atoms with van der Waals surface area (Å²) in [6.45, 7) is 5.77. The van der Waals surface area contributed by atoms with Gasteiger partial charge in [-0.25, -0.2) is 0 Å². The standard InChI is InChI=1S/C17H24O6S/c1-4-21-17(18)11-14-10-15(9-13(3)22-14)23-24(19,20)16-7-5-12(2)6-8-16/h5-8,13-15H,4,9-11H2,1-3H3/t13-,14-,15+/m1/s1. The molecule has 2 rings (SSSR count). The first-order chi connectivity index (χ1) is 11.3. The topological polar surface area (TPSA) is 78.9 Å². The lowest BCUT2D eigenvalue weighted by Crippen LogP contribution is -2.38. The highest BCUT2D eigenvalue weighted by Crippen LogP contribution is 2.27. The lowest BCUT2D eigenvalue weighted by atomic mass is 10.00. The lowest BCUT2D eigenvalue weighted by Gasteiger charge is -2.32. The third-order valence-corrected chi connectivity index (χ3v) is 5.19. The molecule has 0 amide bonds. The van der Waals surface area contributed by atoms with E-state index in [0.29, 0.717) is 19.4 Å². The van der Waals surface area contributed by atoms with Gasteiger partial charge in [-0.1, -0.05) is 17.7 Å². The number of benzene rings is 1. The average molecular weight is 356 g/mol. The predicted molar refractivity (Wildman–Crippen MR) is 88.1 cm³/mol. The van der Waals surface area contributed by atoms with Crippen molar-refractivity contribution in [1.82, 2.24) is 0 Å². The normalized spacial score (nSPS) is 24.5. The Balaban J connectivity index is 2.02. The van der Waals surface area contributed by atoms with Crippen LogP contribution in [-0.4, -0.2) is 39.3 Å². The molecule has 3 atom stereocenters. The number of aryl methyl sites for hydroxylation is 1. The fourth-order valence-corrected chi connectivity index (χ4v) is 3.85. The maximum atomic E-state index is 12.4. The summed E-state index contributed by atoms with van der Waals surface area (Å²) in [7, 11) is -3.83. The van der Waals surface area contributed by atoms with Crippen LogP contribution >= 0.6 is 0 Å². The smallest absolute Gasteiger partial charge is 0.308 e. The zero-order chi connectivity index (χ0) is 17.7. The quantitative estimate of drug-likeness (QED) is 0.576. The van der Waals surface area contributed by atoms with Crippen molar-refractivity contribution in [3.8, 4) is 0 Å². The minimum Gasteiger partial charge on any atom is -0.466 e. The van der Waals surface area contributed by atoms with Crippen LogP contribution in [0, 0.1) is 6.92 Å². The van der Waals surface area contributed by atoms with Crippen molar-refractivity contribution in [2.45, 2.75) is 63.2 Å². The third kappa shape index (κ3) is 5.29. The number of rotatable bonds is 6. The summed E-state index contributed by atoms with van der Waals surface area (Å²) in [4.78, 5) is 11.7.